The fourth-order valence-corrected chi connectivity index (χ4v) is 2.68. The number of nitrogens with zero attached hydrogens (tertiary/aromatic N) is 1. The third kappa shape index (κ3) is 2.99. The van der Waals surface area contributed by atoms with E-state index in [0.29, 0.717) is 0 Å². The van der Waals surface area contributed by atoms with Crippen molar-refractivity contribution < 1.29 is 0 Å². The van der Waals surface area contributed by atoms with Crippen LogP contribution in [0.5, 0.6) is 0 Å². The van der Waals surface area contributed by atoms with Gasteiger partial charge < -0.3 is 9.55 Å². The number of halogens is 1. The van der Waals surface area contributed by atoms with E-state index in [1.54, 1.807) is 0 Å². The van der Waals surface area contributed by atoms with Gasteiger partial charge in [-0.1, -0.05) is 29.8 Å². The molecule has 4 heteroatoms. The Morgan fingerprint density at radius 1 is 1.41 bits per heavy atom. The first-order chi connectivity index (χ1) is 8.08. The Morgan fingerprint density at radius 3 is 2.88 bits per heavy atom. The first-order valence-electron chi connectivity index (χ1n) is 5.96. The molecule has 2 rings (SSSR count). The minimum absolute atomic E-state index is 0.753. The third-order valence-electron chi connectivity index (χ3n) is 2.90. The molecule has 1 heterocycles. The number of hydrogen-bond donors (Lipinski definition) is 1. The smallest absolute Gasteiger partial charge is 0.178 e. The van der Waals surface area contributed by atoms with Crippen molar-refractivity contribution in [1.82, 2.24) is 9.55 Å². The molecule has 0 aliphatic rings. The Bertz CT molecular complexity index is 568. The molecule has 0 bridgehead atoms. The van der Waals surface area contributed by atoms with Crippen LogP contribution in [0.1, 0.15) is 26.7 Å². The highest BCUT2D eigenvalue weighted by Crippen LogP contribution is 2.20. The molecule has 2 nitrogen and oxygen atoms in total. The molecule has 1 aromatic carbocycles. The van der Waals surface area contributed by atoms with Gasteiger partial charge in [0.2, 0.25) is 0 Å². The van der Waals surface area contributed by atoms with Gasteiger partial charge in [0.05, 0.1) is 11.0 Å². The maximum Gasteiger partial charge on any atom is 0.178 e. The fraction of sp³-hybridized carbons (Fsp3) is 0.462. The van der Waals surface area contributed by atoms with E-state index in [1.807, 2.05) is 0 Å². The van der Waals surface area contributed by atoms with Crippen molar-refractivity contribution in [2.45, 2.75) is 33.2 Å². The minimum atomic E-state index is 0.753. The summed E-state index contributed by atoms with van der Waals surface area (Å²) in [7, 11) is 0. The number of imidazole rings is 1. The summed E-state index contributed by atoms with van der Waals surface area (Å²) in [6.07, 6.45) is 2.42. The molecule has 1 N–H and O–H groups in total. The molecular formula is C13H17BrN2S. The van der Waals surface area contributed by atoms with Crippen molar-refractivity contribution in [3.63, 3.8) is 0 Å². The molecule has 0 aliphatic carbocycles. The number of hydrogen-bond acceptors (Lipinski definition) is 1. The van der Waals surface area contributed by atoms with E-state index >= 15 is 0 Å². The second-order valence-electron chi connectivity index (χ2n) is 4.78. The fourth-order valence-electron chi connectivity index (χ4n) is 2.02. The number of aromatic nitrogens is 2. The first-order valence-corrected chi connectivity index (χ1v) is 7.16. The van der Waals surface area contributed by atoms with Crippen LogP contribution in [0.2, 0.25) is 0 Å². The number of aromatic amines is 1. The van der Waals surface area contributed by atoms with Gasteiger partial charge in [-0.2, -0.15) is 0 Å². The molecule has 17 heavy (non-hydrogen) atoms. The first kappa shape index (κ1) is 12.8. The Morgan fingerprint density at radius 2 is 2.18 bits per heavy atom. The van der Waals surface area contributed by atoms with Crippen LogP contribution in [0, 0.1) is 10.7 Å². The zero-order valence-electron chi connectivity index (χ0n) is 10.2. The second kappa shape index (κ2) is 5.36. The molecule has 92 valence electrons. The van der Waals surface area contributed by atoms with Crippen LogP contribution in [0.4, 0.5) is 0 Å². The number of fused-ring (bicyclic) bond motifs is 1. The van der Waals surface area contributed by atoms with Crippen LogP contribution in [-0.2, 0) is 6.54 Å². The van der Waals surface area contributed by atoms with Gasteiger partial charge in [0, 0.05) is 11.0 Å². The summed E-state index contributed by atoms with van der Waals surface area (Å²) in [5.74, 6) is 0.753. The normalized spacial score (nSPS) is 11.5. The summed E-state index contributed by atoms with van der Waals surface area (Å²) in [5.41, 5.74) is 2.30. The van der Waals surface area contributed by atoms with Crippen LogP contribution in [0.3, 0.4) is 0 Å². The van der Waals surface area contributed by atoms with E-state index in [2.05, 4.69) is 57.5 Å². The van der Waals surface area contributed by atoms with Crippen molar-refractivity contribution in [2.75, 3.05) is 0 Å². The molecule has 0 amide bonds. The van der Waals surface area contributed by atoms with Crippen LogP contribution in [0.15, 0.2) is 22.7 Å². The molecule has 0 saturated carbocycles. The minimum Gasteiger partial charge on any atom is -0.331 e. The van der Waals surface area contributed by atoms with Crippen LogP contribution in [-0.4, -0.2) is 9.55 Å². The maximum absolute atomic E-state index is 5.37. The van der Waals surface area contributed by atoms with Crippen molar-refractivity contribution in [2.24, 2.45) is 5.92 Å². The maximum atomic E-state index is 5.37. The SMILES string of the molecule is CC(C)CCCn1c(=S)[nH]c2cc(Br)ccc21. The number of nitrogens with one attached hydrogen (secondary N) is 1. The van der Waals surface area contributed by atoms with E-state index in [-0.39, 0.29) is 0 Å². The summed E-state index contributed by atoms with van der Waals surface area (Å²) in [6.45, 7) is 5.51. The van der Waals surface area contributed by atoms with Gasteiger partial charge in [0.15, 0.2) is 4.77 Å². The van der Waals surface area contributed by atoms with Gasteiger partial charge in [0.25, 0.3) is 0 Å². The van der Waals surface area contributed by atoms with E-state index in [9.17, 15) is 0 Å². The predicted octanol–water partition coefficient (Wildman–Crippen LogP) is 4.90. The largest absolute Gasteiger partial charge is 0.331 e. The lowest BCUT2D eigenvalue weighted by atomic mass is 10.1. The molecule has 1 aromatic heterocycles. The zero-order valence-corrected chi connectivity index (χ0v) is 12.6. The summed E-state index contributed by atoms with van der Waals surface area (Å²) in [4.78, 5) is 3.25. The molecule has 0 saturated heterocycles. The molecule has 0 unspecified atom stereocenters. The van der Waals surface area contributed by atoms with Crippen LogP contribution < -0.4 is 0 Å². The summed E-state index contributed by atoms with van der Waals surface area (Å²) < 4.78 is 4.09. The lowest BCUT2D eigenvalue weighted by Gasteiger charge is -2.06. The van der Waals surface area contributed by atoms with Gasteiger partial charge in [0.1, 0.15) is 0 Å². The number of benzene rings is 1. The number of H-pyrrole nitrogens is 1. The van der Waals surface area contributed by atoms with Crippen LogP contribution >= 0.6 is 28.1 Å². The highest BCUT2D eigenvalue weighted by Gasteiger charge is 2.04. The van der Waals surface area contributed by atoms with Crippen LogP contribution in [0.25, 0.3) is 11.0 Å². The standard InChI is InChI=1S/C13H17BrN2S/c1-9(2)4-3-7-16-12-6-5-10(14)8-11(12)15-13(16)17/h5-6,8-9H,3-4,7H2,1-2H3,(H,15,17). The quantitative estimate of drug-likeness (QED) is 0.796. The lowest BCUT2D eigenvalue weighted by molar-refractivity contribution is 0.515. The second-order valence-corrected chi connectivity index (χ2v) is 6.08. The van der Waals surface area contributed by atoms with Crippen molar-refractivity contribution in [3.05, 3.63) is 27.4 Å². The highest BCUT2D eigenvalue weighted by molar-refractivity contribution is 9.10. The van der Waals surface area contributed by atoms with Crippen molar-refractivity contribution >= 4 is 39.2 Å². The molecule has 0 spiro atoms. The molecular weight excluding hydrogens is 296 g/mol. The Balaban J connectivity index is 2.27. The topological polar surface area (TPSA) is 20.7 Å². The highest BCUT2D eigenvalue weighted by atomic mass is 79.9. The van der Waals surface area contributed by atoms with Gasteiger partial charge in [-0.3, -0.25) is 0 Å². The lowest BCUT2D eigenvalue weighted by Crippen LogP contribution is -1.99. The number of aryl methyl sites for hydroxylation is 1. The third-order valence-corrected chi connectivity index (χ3v) is 3.72. The Kier molecular flexibility index (Phi) is 4.05. The van der Waals surface area contributed by atoms with Crippen molar-refractivity contribution in [3.8, 4) is 0 Å². The van der Waals surface area contributed by atoms with Gasteiger partial charge in [-0.25, -0.2) is 0 Å². The summed E-state index contributed by atoms with van der Waals surface area (Å²) in [6, 6.07) is 6.25. The Hall–Kier alpha value is -0.610. The van der Waals surface area contributed by atoms with Gasteiger partial charge in [-0.15, -0.1) is 0 Å². The average Bonchev–Trinajstić information content (AvgIpc) is 2.54. The zero-order chi connectivity index (χ0) is 12.4. The van der Waals surface area contributed by atoms with E-state index < -0.39 is 0 Å². The summed E-state index contributed by atoms with van der Waals surface area (Å²) in [5, 5.41) is 0. The van der Waals surface area contributed by atoms with E-state index in [0.717, 1.165) is 27.2 Å². The Labute approximate surface area is 115 Å². The monoisotopic (exact) mass is 312 g/mol. The number of rotatable bonds is 4. The predicted molar refractivity (Wildman–Crippen MR) is 78.9 cm³/mol. The molecule has 0 radical (unpaired) electrons. The molecule has 0 atom stereocenters. The van der Waals surface area contributed by atoms with E-state index in [4.69, 9.17) is 12.2 Å². The van der Waals surface area contributed by atoms with Crippen molar-refractivity contribution in [1.29, 1.82) is 0 Å². The van der Waals surface area contributed by atoms with Gasteiger partial charge in [-0.05, 0) is 49.2 Å². The molecule has 0 aliphatic heterocycles. The molecule has 2 aromatic rings. The van der Waals surface area contributed by atoms with Gasteiger partial charge >= 0.3 is 0 Å². The average molecular weight is 313 g/mol. The molecule has 0 fully saturated rings. The summed E-state index contributed by atoms with van der Waals surface area (Å²) >= 11 is 8.84. The van der Waals surface area contributed by atoms with E-state index in [1.165, 1.54) is 18.4 Å².